The standard InChI is InChI=1S/C31H52N6O11/c1-9-10-19(24(41)28(44)33-12-21(38)35-25(26(32)42)31(6,7)8)34-27(43)20-11-18(47-15-22(39)40)13-37(20)29(45)23(17(4)5)36-30(46)48-14-16(2)3/h16-20,23,25H,9-15H2,1-8H3,(H2,32,42)(H,33,44)(H,34,43)(H,35,38)(H,36,46)(H,39,40). The molecule has 0 aromatic rings. The third-order valence-electron chi connectivity index (χ3n) is 7.34. The van der Waals surface area contributed by atoms with Gasteiger partial charge in [-0.25, -0.2) is 9.59 Å². The van der Waals surface area contributed by atoms with Crippen molar-refractivity contribution in [2.45, 2.75) is 105 Å². The van der Waals surface area contributed by atoms with Crippen LogP contribution in [0, 0.1) is 17.3 Å². The van der Waals surface area contributed by atoms with E-state index in [1.807, 2.05) is 13.8 Å². The molecule has 5 unspecified atom stereocenters. The molecule has 0 radical (unpaired) electrons. The Balaban J connectivity index is 3.12. The molecule has 0 aromatic carbocycles. The second-order valence-corrected chi connectivity index (χ2v) is 13.6. The molecular formula is C31H52N6O11. The number of likely N-dealkylation sites (tertiary alicyclic amines) is 1. The predicted molar refractivity (Wildman–Crippen MR) is 171 cm³/mol. The average molecular weight is 685 g/mol. The Hall–Kier alpha value is -4.28. The van der Waals surface area contributed by atoms with Crippen LogP contribution in [0.2, 0.25) is 0 Å². The number of nitrogens with one attached hydrogen (secondary N) is 4. The van der Waals surface area contributed by atoms with Crippen molar-refractivity contribution >= 4 is 47.4 Å². The molecular weight excluding hydrogens is 632 g/mol. The van der Waals surface area contributed by atoms with E-state index < -0.39 is 102 Å². The van der Waals surface area contributed by atoms with Gasteiger partial charge < -0.3 is 46.5 Å². The van der Waals surface area contributed by atoms with Crippen LogP contribution in [0.15, 0.2) is 0 Å². The molecule has 1 fully saturated rings. The number of hydrogen-bond acceptors (Lipinski definition) is 10. The predicted octanol–water partition coefficient (Wildman–Crippen LogP) is -0.550. The van der Waals surface area contributed by atoms with Crippen LogP contribution in [0.25, 0.3) is 0 Å². The Morgan fingerprint density at radius 2 is 1.60 bits per heavy atom. The lowest BCUT2D eigenvalue weighted by Gasteiger charge is -2.31. The molecule has 0 aromatic heterocycles. The molecule has 0 saturated carbocycles. The van der Waals surface area contributed by atoms with E-state index in [1.54, 1.807) is 41.5 Å². The molecule has 1 saturated heterocycles. The Bertz CT molecular complexity index is 1200. The SMILES string of the molecule is CCCC(NC(=O)C1CC(OCC(=O)O)CN1C(=O)C(NC(=O)OCC(C)C)C(C)C)C(=O)C(=O)NCC(=O)NC(C(N)=O)C(C)(C)C. The maximum atomic E-state index is 13.7. The van der Waals surface area contributed by atoms with Crippen LogP contribution in [-0.2, 0) is 43.0 Å². The third-order valence-corrected chi connectivity index (χ3v) is 7.34. The number of primary amides is 1. The molecule has 0 spiro atoms. The summed E-state index contributed by atoms with van der Waals surface area (Å²) in [6.45, 7) is 12.4. The zero-order valence-corrected chi connectivity index (χ0v) is 29.0. The van der Waals surface area contributed by atoms with Crippen LogP contribution >= 0.6 is 0 Å². The van der Waals surface area contributed by atoms with Gasteiger partial charge in [0.1, 0.15) is 24.7 Å². The second-order valence-electron chi connectivity index (χ2n) is 13.6. The van der Waals surface area contributed by atoms with Gasteiger partial charge in [-0.1, -0.05) is 61.8 Å². The number of aliphatic carboxylic acids is 1. The van der Waals surface area contributed by atoms with Gasteiger partial charge in [-0.3, -0.25) is 28.8 Å². The molecule has 17 heteroatoms. The van der Waals surface area contributed by atoms with Gasteiger partial charge in [-0.15, -0.1) is 0 Å². The van der Waals surface area contributed by atoms with Gasteiger partial charge in [-0.2, -0.15) is 0 Å². The number of carboxylic acid groups (broad SMARTS) is 1. The maximum Gasteiger partial charge on any atom is 0.407 e. The van der Waals surface area contributed by atoms with Crippen molar-refractivity contribution < 1.29 is 52.9 Å². The summed E-state index contributed by atoms with van der Waals surface area (Å²) in [5, 5.41) is 18.7. The van der Waals surface area contributed by atoms with Crippen LogP contribution in [0.4, 0.5) is 4.79 Å². The van der Waals surface area contributed by atoms with E-state index in [9.17, 15) is 38.4 Å². The van der Waals surface area contributed by atoms with Gasteiger partial charge in [0.05, 0.1) is 25.3 Å². The zero-order chi connectivity index (χ0) is 36.9. The largest absolute Gasteiger partial charge is 0.480 e. The zero-order valence-electron chi connectivity index (χ0n) is 29.0. The van der Waals surface area contributed by atoms with Crippen LogP contribution in [0.1, 0.15) is 74.7 Å². The van der Waals surface area contributed by atoms with E-state index in [0.717, 1.165) is 4.90 Å². The minimum atomic E-state index is -1.33. The third kappa shape index (κ3) is 13.4. The lowest BCUT2D eigenvalue weighted by atomic mass is 9.86. The number of carbonyl (C=O) groups excluding carboxylic acids is 7. The number of nitrogens with two attached hydrogens (primary N) is 1. The van der Waals surface area contributed by atoms with Gasteiger partial charge in [0.25, 0.3) is 5.91 Å². The fraction of sp³-hybridized carbons (Fsp3) is 0.742. The van der Waals surface area contributed by atoms with Crippen LogP contribution in [-0.4, -0.2) is 114 Å². The number of amides is 6. The Morgan fingerprint density at radius 1 is 0.979 bits per heavy atom. The van der Waals surface area contributed by atoms with Gasteiger partial charge in [-0.05, 0) is 23.7 Å². The molecule has 5 atom stereocenters. The van der Waals surface area contributed by atoms with Crippen molar-refractivity contribution in [2.24, 2.45) is 23.0 Å². The lowest BCUT2D eigenvalue weighted by Crippen LogP contribution is -2.57. The number of alkyl carbamates (subject to hydrolysis) is 1. The Labute approximate surface area is 280 Å². The molecule has 0 bridgehead atoms. The van der Waals surface area contributed by atoms with Crippen molar-refractivity contribution in [3.63, 3.8) is 0 Å². The van der Waals surface area contributed by atoms with E-state index in [-0.39, 0.29) is 31.9 Å². The van der Waals surface area contributed by atoms with Crippen molar-refractivity contribution in [2.75, 3.05) is 26.3 Å². The van der Waals surface area contributed by atoms with Crippen LogP contribution in [0.3, 0.4) is 0 Å². The molecule has 1 rings (SSSR count). The van der Waals surface area contributed by atoms with E-state index in [0.29, 0.717) is 6.42 Å². The van der Waals surface area contributed by atoms with Crippen molar-refractivity contribution in [3.05, 3.63) is 0 Å². The summed E-state index contributed by atoms with van der Waals surface area (Å²) < 4.78 is 10.5. The number of nitrogens with zero attached hydrogens (tertiary/aromatic N) is 1. The summed E-state index contributed by atoms with van der Waals surface area (Å²) >= 11 is 0. The highest BCUT2D eigenvalue weighted by Crippen LogP contribution is 2.24. The highest BCUT2D eigenvalue weighted by Gasteiger charge is 2.44. The fourth-order valence-electron chi connectivity index (χ4n) is 4.86. The first-order chi connectivity index (χ1) is 22.2. The van der Waals surface area contributed by atoms with Gasteiger partial charge in [0, 0.05) is 13.0 Å². The highest BCUT2D eigenvalue weighted by atomic mass is 16.5. The fourth-order valence-corrected chi connectivity index (χ4v) is 4.86. The summed E-state index contributed by atoms with van der Waals surface area (Å²) in [7, 11) is 0. The Kier molecular flexibility index (Phi) is 16.4. The quantitative estimate of drug-likeness (QED) is 0.0999. The summed E-state index contributed by atoms with van der Waals surface area (Å²) in [5.74, 6) is -6.87. The number of Topliss-reactive ketones (excluding diaryl/α,β-unsaturated/α-hetero) is 1. The average Bonchev–Trinajstić information content (AvgIpc) is 3.42. The number of hydrogen-bond donors (Lipinski definition) is 6. The first kappa shape index (κ1) is 41.7. The van der Waals surface area contributed by atoms with Crippen LogP contribution < -0.4 is 27.0 Å². The molecule has 1 aliphatic rings. The normalized spacial score (nSPS) is 18.0. The highest BCUT2D eigenvalue weighted by molar-refractivity contribution is 6.38. The monoisotopic (exact) mass is 684 g/mol. The molecule has 17 nitrogen and oxygen atoms in total. The first-order valence-electron chi connectivity index (χ1n) is 16.0. The van der Waals surface area contributed by atoms with Crippen LogP contribution in [0.5, 0.6) is 0 Å². The van der Waals surface area contributed by atoms with Gasteiger partial charge in [0.2, 0.25) is 29.4 Å². The lowest BCUT2D eigenvalue weighted by molar-refractivity contribution is -0.144. The van der Waals surface area contributed by atoms with E-state index in [4.69, 9.17) is 20.3 Å². The topological polar surface area (TPSA) is 253 Å². The summed E-state index contributed by atoms with van der Waals surface area (Å²) in [6, 6.07) is -4.73. The van der Waals surface area contributed by atoms with E-state index in [1.165, 1.54) is 0 Å². The van der Waals surface area contributed by atoms with E-state index in [2.05, 4.69) is 21.3 Å². The number of ether oxygens (including phenoxy) is 2. The molecule has 1 aliphatic heterocycles. The number of carbonyl (C=O) groups is 8. The number of ketones is 1. The minimum absolute atomic E-state index is 0.0371. The molecule has 6 amide bonds. The number of carboxylic acids is 1. The summed E-state index contributed by atoms with van der Waals surface area (Å²) in [6.07, 6.45) is -1.41. The molecule has 7 N–H and O–H groups in total. The molecule has 0 aliphatic carbocycles. The maximum absolute atomic E-state index is 13.7. The second kappa shape index (κ2) is 18.9. The summed E-state index contributed by atoms with van der Waals surface area (Å²) in [4.78, 5) is 102. The van der Waals surface area contributed by atoms with Crippen molar-refractivity contribution in [1.82, 2.24) is 26.2 Å². The van der Waals surface area contributed by atoms with Gasteiger partial charge >= 0.3 is 12.1 Å². The molecule has 48 heavy (non-hydrogen) atoms. The molecule has 1 heterocycles. The Morgan fingerprint density at radius 3 is 2.10 bits per heavy atom. The van der Waals surface area contributed by atoms with Crippen molar-refractivity contribution in [3.8, 4) is 0 Å². The first-order valence-corrected chi connectivity index (χ1v) is 16.0. The van der Waals surface area contributed by atoms with Gasteiger partial charge in [0.15, 0.2) is 0 Å². The minimum Gasteiger partial charge on any atom is -0.480 e. The number of rotatable bonds is 18. The summed E-state index contributed by atoms with van der Waals surface area (Å²) in [5.41, 5.74) is 4.65. The van der Waals surface area contributed by atoms with Crippen molar-refractivity contribution in [1.29, 1.82) is 0 Å². The molecule has 272 valence electrons. The van der Waals surface area contributed by atoms with E-state index >= 15 is 0 Å². The smallest absolute Gasteiger partial charge is 0.407 e.